The van der Waals surface area contributed by atoms with Crippen molar-refractivity contribution in [3.8, 4) is 0 Å². The van der Waals surface area contributed by atoms with E-state index in [0.29, 0.717) is 0 Å². The van der Waals surface area contributed by atoms with Crippen LogP contribution in [0.3, 0.4) is 0 Å². The van der Waals surface area contributed by atoms with Gasteiger partial charge in [-0.05, 0) is 0 Å². The van der Waals surface area contributed by atoms with Crippen LogP contribution in [0.15, 0.2) is 12.4 Å². The molecular weight excluding hydrogens is 160 g/mol. The van der Waals surface area contributed by atoms with E-state index in [2.05, 4.69) is 5.10 Å². The molecule has 0 saturated carbocycles. The van der Waals surface area contributed by atoms with Crippen LogP contribution < -0.4 is 5.73 Å². The topological polar surface area (TPSA) is 67.7 Å². The number of rotatable bonds is 2. The molecule has 0 fully saturated rings. The van der Waals surface area contributed by atoms with E-state index in [0.717, 1.165) is 11.3 Å². The van der Waals surface area contributed by atoms with Crippen molar-refractivity contribution in [3.63, 3.8) is 0 Å². The molecule has 1 aromatic rings. The second-order valence-electron chi connectivity index (χ2n) is 2.18. The van der Waals surface area contributed by atoms with Gasteiger partial charge in [0, 0.05) is 24.6 Å². The molecule has 0 spiro atoms. The Morgan fingerprint density at radius 2 is 2.64 bits per heavy atom. The average molecular weight is 170 g/mol. The summed E-state index contributed by atoms with van der Waals surface area (Å²) in [5.41, 5.74) is 6.26. The quantitative estimate of drug-likeness (QED) is 0.503. The SMILES string of the molecule is Cn1cc(CSC(=N)N)cn1. The zero-order valence-corrected chi connectivity index (χ0v) is 7.06. The zero-order chi connectivity index (χ0) is 8.27. The molecule has 0 aliphatic rings. The lowest BCUT2D eigenvalue weighted by Crippen LogP contribution is -2.03. The first-order valence-corrected chi connectivity index (χ1v) is 4.11. The first kappa shape index (κ1) is 8.13. The summed E-state index contributed by atoms with van der Waals surface area (Å²) < 4.78 is 1.73. The van der Waals surface area contributed by atoms with Crippen LogP contribution in [0.5, 0.6) is 0 Å². The first-order valence-electron chi connectivity index (χ1n) is 3.13. The summed E-state index contributed by atoms with van der Waals surface area (Å²) in [6.45, 7) is 0. The Balaban J connectivity index is 2.45. The van der Waals surface area contributed by atoms with E-state index < -0.39 is 0 Å². The van der Waals surface area contributed by atoms with Crippen molar-refractivity contribution in [1.29, 1.82) is 5.41 Å². The number of nitrogens with two attached hydrogens (primary N) is 1. The zero-order valence-electron chi connectivity index (χ0n) is 6.24. The normalized spacial score (nSPS) is 9.91. The summed E-state index contributed by atoms with van der Waals surface area (Å²) in [5, 5.41) is 11.1. The summed E-state index contributed by atoms with van der Waals surface area (Å²) in [6.07, 6.45) is 3.69. The predicted octanol–water partition coefficient (Wildman–Crippen LogP) is 0.547. The maximum Gasteiger partial charge on any atom is 0.151 e. The molecule has 0 bridgehead atoms. The number of nitrogens with zero attached hydrogens (tertiary/aromatic N) is 2. The van der Waals surface area contributed by atoms with Gasteiger partial charge in [-0.1, -0.05) is 11.8 Å². The van der Waals surface area contributed by atoms with Crippen LogP contribution in [-0.4, -0.2) is 14.9 Å². The molecular formula is C6H10N4S. The summed E-state index contributed by atoms with van der Waals surface area (Å²) in [7, 11) is 1.86. The average Bonchev–Trinajstić information content (AvgIpc) is 2.31. The molecule has 3 N–H and O–H groups in total. The number of hydrogen-bond acceptors (Lipinski definition) is 3. The van der Waals surface area contributed by atoms with Crippen molar-refractivity contribution in [1.82, 2.24) is 9.78 Å². The van der Waals surface area contributed by atoms with Gasteiger partial charge in [-0.2, -0.15) is 5.10 Å². The van der Waals surface area contributed by atoms with Gasteiger partial charge in [0.25, 0.3) is 0 Å². The Labute approximate surface area is 69.3 Å². The molecule has 0 saturated heterocycles. The molecule has 0 aromatic carbocycles. The minimum atomic E-state index is 0.147. The highest BCUT2D eigenvalue weighted by atomic mass is 32.2. The van der Waals surface area contributed by atoms with E-state index in [1.54, 1.807) is 10.9 Å². The standard InChI is InChI=1S/C6H10N4S/c1-10-3-5(2-9-10)4-11-6(7)8/h2-3H,4H2,1H3,(H3,7,8). The number of amidine groups is 1. The maximum absolute atomic E-state index is 6.96. The molecule has 60 valence electrons. The Kier molecular flexibility index (Phi) is 2.53. The molecule has 0 aliphatic carbocycles. The van der Waals surface area contributed by atoms with Crippen LogP contribution in [0.4, 0.5) is 0 Å². The fraction of sp³-hybridized carbons (Fsp3) is 0.333. The van der Waals surface area contributed by atoms with Crippen molar-refractivity contribution in [2.24, 2.45) is 12.8 Å². The minimum absolute atomic E-state index is 0.147. The van der Waals surface area contributed by atoms with E-state index in [1.165, 1.54) is 11.8 Å². The Bertz CT molecular complexity index is 255. The second kappa shape index (κ2) is 3.43. The smallest absolute Gasteiger partial charge is 0.151 e. The summed E-state index contributed by atoms with van der Waals surface area (Å²) in [6, 6.07) is 0. The highest BCUT2D eigenvalue weighted by molar-refractivity contribution is 8.13. The van der Waals surface area contributed by atoms with Crippen molar-refractivity contribution in [2.45, 2.75) is 5.75 Å². The molecule has 1 heterocycles. The largest absolute Gasteiger partial charge is 0.379 e. The minimum Gasteiger partial charge on any atom is -0.379 e. The molecule has 1 rings (SSSR count). The van der Waals surface area contributed by atoms with Crippen molar-refractivity contribution in [3.05, 3.63) is 18.0 Å². The van der Waals surface area contributed by atoms with Crippen molar-refractivity contribution in [2.75, 3.05) is 0 Å². The van der Waals surface area contributed by atoms with E-state index in [9.17, 15) is 0 Å². The third-order valence-corrected chi connectivity index (χ3v) is 1.94. The molecule has 11 heavy (non-hydrogen) atoms. The monoisotopic (exact) mass is 170 g/mol. The van der Waals surface area contributed by atoms with Crippen LogP contribution in [0.1, 0.15) is 5.56 Å². The van der Waals surface area contributed by atoms with Gasteiger partial charge in [-0.3, -0.25) is 10.1 Å². The molecule has 0 unspecified atom stereocenters. The van der Waals surface area contributed by atoms with E-state index >= 15 is 0 Å². The Hall–Kier alpha value is -0.970. The highest BCUT2D eigenvalue weighted by Crippen LogP contribution is 2.09. The lowest BCUT2D eigenvalue weighted by Gasteiger charge is -1.92. The van der Waals surface area contributed by atoms with Gasteiger partial charge >= 0.3 is 0 Å². The Morgan fingerprint density at radius 1 is 1.91 bits per heavy atom. The van der Waals surface area contributed by atoms with Gasteiger partial charge in [-0.15, -0.1) is 0 Å². The van der Waals surface area contributed by atoms with E-state index in [-0.39, 0.29) is 5.17 Å². The van der Waals surface area contributed by atoms with Gasteiger partial charge in [0.2, 0.25) is 0 Å². The molecule has 0 amide bonds. The predicted molar refractivity (Wildman–Crippen MR) is 46.4 cm³/mol. The molecule has 0 aliphatic heterocycles. The first-order chi connectivity index (χ1) is 5.18. The maximum atomic E-state index is 6.96. The van der Waals surface area contributed by atoms with E-state index in [1.807, 2.05) is 13.2 Å². The second-order valence-corrected chi connectivity index (χ2v) is 3.19. The van der Waals surface area contributed by atoms with E-state index in [4.69, 9.17) is 11.1 Å². The van der Waals surface area contributed by atoms with Gasteiger partial charge in [0.15, 0.2) is 5.17 Å². The van der Waals surface area contributed by atoms with Gasteiger partial charge in [0.1, 0.15) is 0 Å². The number of thioether (sulfide) groups is 1. The number of nitrogens with one attached hydrogen (secondary N) is 1. The van der Waals surface area contributed by atoms with Gasteiger partial charge < -0.3 is 5.73 Å². The van der Waals surface area contributed by atoms with Crippen molar-refractivity contribution >= 4 is 16.9 Å². The van der Waals surface area contributed by atoms with Crippen LogP contribution in [0, 0.1) is 5.41 Å². The molecule has 1 aromatic heterocycles. The Morgan fingerprint density at radius 3 is 3.09 bits per heavy atom. The fourth-order valence-corrected chi connectivity index (χ4v) is 1.18. The third-order valence-electron chi connectivity index (χ3n) is 1.15. The molecule has 5 heteroatoms. The molecule has 4 nitrogen and oxygen atoms in total. The van der Waals surface area contributed by atoms with Crippen molar-refractivity contribution < 1.29 is 0 Å². The number of hydrogen-bond donors (Lipinski definition) is 2. The summed E-state index contributed by atoms with van der Waals surface area (Å²) in [5.74, 6) is 0.725. The van der Waals surface area contributed by atoms with Crippen LogP contribution in [0.2, 0.25) is 0 Å². The molecule has 0 radical (unpaired) electrons. The van der Waals surface area contributed by atoms with Crippen LogP contribution in [-0.2, 0) is 12.8 Å². The highest BCUT2D eigenvalue weighted by Gasteiger charge is 1.96. The lowest BCUT2D eigenvalue weighted by molar-refractivity contribution is 0.767. The third kappa shape index (κ3) is 2.63. The number of aryl methyl sites for hydroxylation is 1. The number of aromatic nitrogens is 2. The van der Waals surface area contributed by atoms with Gasteiger partial charge in [-0.25, -0.2) is 0 Å². The fourth-order valence-electron chi connectivity index (χ4n) is 0.707. The van der Waals surface area contributed by atoms with Gasteiger partial charge in [0.05, 0.1) is 6.20 Å². The lowest BCUT2D eigenvalue weighted by atomic mass is 10.4. The molecule has 0 atom stereocenters. The van der Waals surface area contributed by atoms with Crippen LogP contribution >= 0.6 is 11.8 Å². The van der Waals surface area contributed by atoms with Crippen LogP contribution in [0.25, 0.3) is 0 Å². The summed E-state index contributed by atoms with van der Waals surface area (Å²) >= 11 is 1.31. The summed E-state index contributed by atoms with van der Waals surface area (Å²) in [4.78, 5) is 0.